The summed E-state index contributed by atoms with van der Waals surface area (Å²) in [5.74, 6) is 1.22. The number of benzene rings is 3. The van der Waals surface area contributed by atoms with Gasteiger partial charge in [0, 0.05) is 17.2 Å². The van der Waals surface area contributed by atoms with E-state index in [0.29, 0.717) is 53.3 Å². The molecule has 6 rings (SSSR count). The molecule has 2 N–H and O–H groups in total. The Labute approximate surface area is 208 Å². The van der Waals surface area contributed by atoms with Crippen molar-refractivity contribution >= 4 is 10.8 Å². The van der Waals surface area contributed by atoms with Crippen LogP contribution in [-0.4, -0.2) is 28.5 Å². The minimum atomic E-state index is -0.776. The van der Waals surface area contributed by atoms with Crippen LogP contribution < -0.4 is 9.47 Å². The highest BCUT2D eigenvalue weighted by atomic mass is 16.5. The predicted octanol–water partition coefficient (Wildman–Crippen LogP) is 5.63. The van der Waals surface area contributed by atoms with E-state index in [1.807, 2.05) is 55.5 Å². The molecule has 2 bridgehead atoms. The monoisotopic (exact) mass is 482 g/mol. The molecule has 7 nitrogen and oxygen atoms in total. The fourth-order valence-electron chi connectivity index (χ4n) is 5.97. The van der Waals surface area contributed by atoms with Crippen molar-refractivity contribution in [3.8, 4) is 35.0 Å². The number of aromatic nitrogens is 1. The highest BCUT2D eigenvalue weighted by molar-refractivity contribution is 5.95. The van der Waals surface area contributed by atoms with Gasteiger partial charge in [0.2, 0.25) is 11.8 Å². The van der Waals surface area contributed by atoms with Crippen molar-refractivity contribution in [2.75, 3.05) is 13.7 Å². The molecule has 1 fully saturated rings. The smallest absolute Gasteiger partial charge is 0.205 e. The Morgan fingerprint density at radius 1 is 0.944 bits per heavy atom. The van der Waals surface area contributed by atoms with Gasteiger partial charge in [0.25, 0.3) is 0 Å². The third-order valence-corrected chi connectivity index (χ3v) is 7.63. The Morgan fingerprint density at radius 2 is 1.64 bits per heavy atom. The molecule has 0 spiro atoms. The maximum absolute atomic E-state index is 11.6. The summed E-state index contributed by atoms with van der Waals surface area (Å²) >= 11 is 0. The van der Waals surface area contributed by atoms with Crippen LogP contribution in [-0.2, 0) is 15.9 Å². The van der Waals surface area contributed by atoms with Crippen LogP contribution >= 0.6 is 0 Å². The molecule has 1 aromatic heterocycles. The zero-order valence-corrected chi connectivity index (χ0v) is 20.1. The average Bonchev–Trinajstić information content (AvgIpc) is 3.48. The highest BCUT2D eigenvalue weighted by Crippen LogP contribution is 2.65. The zero-order chi connectivity index (χ0) is 25.1. The van der Waals surface area contributed by atoms with Crippen LogP contribution in [0.1, 0.15) is 42.9 Å². The molecule has 182 valence electrons. The fourth-order valence-corrected chi connectivity index (χ4v) is 5.97. The van der Waals surface area contributed by atoms with Gasteiger partial charge in [-0.2, -0.15) is 5.26 Å². The van der Waals surface area contributed by atoms with E-state index in [-0.39, 0.29) is 11.8 Å². The van der Waals surface area contributed by atoms with Crippen LogP contribution in [0.2, 0.25) is 0 Å². The molecule has 0 radical (unpaired) electrons. The van der Waals surface area contributed by atoms with Crippen molar-refractivity contribution in [3.05, 3.63) is 77.4 Å². The summed E-state index contributed by atoms with van der Waals surface area (Å²) in [6.45, 7) is 2.31. The second-order valence-corrected chi connectivity index (χ2v) is 9.60. The van der Waals surface area contributed by atoms with E-state index in [2.05, 4.69) is 6.07 Å². The van der Waals surface area contributed by atoms with Crippen molar-refractivity contribution in [2.45, 2.75) is 37.4 Å². The molecule has 3 aromatic carbocycles. The van der Waals surface area contributed by atoms with Gasteiger partial charge in [0.15, 0.2) is 11.5 Å². The van der Waals surface area contributed by atoms with E-state index in [9.17, 15) is 15.5 Å². The molecule has 2 aliphatic rings. The summed E-state index contributed by atoms with van der Waals surface area (Å²) in [5, 5.41) is 34.1. The summed E-state index contributed by atoms with van der Waals surface area (Å²) in [7, 11) is 1.60. The number of aromatic hydroxyl groups is 2. The zero-order valence-electron chi connectivity index (χ0n) is 20.1. The molecule has 0 saturated carbocycles. The molecule has 0 aliphatic carbocycles. The molecule has 0 unspecified atom stereocenters. The normalized spacial score (nSPS) is 21.9. The summed E-state index contributed by atoms with van der Waals surface area (Å²) in [6.07, 6.45) is 1.93. The van der Waals surface area contributed by atoms with Gasteiger partial charge in [0.1, 0.15) is 5.60 Å². The number of nitrogens with zero attached hydrogens (tertiary/aromatic N) is 2. The van der Waals surface area contributed by atoms with Crippen molar-refractivity contribution < 1.29 is 24.4 Å². The van der Waals surface area contributed by atoms with Crippen molar-refractivity contribution in [1.82, 2.24) is 4.57 Å². The first-order chi connectivity index (χ1) is 17.4. The number of ether oxygens (including phenoxy) is 3. The number of hydrogen-bond donors (Lipinski definition) is 2. The second kappa shape index (κ2) is 7.94. The van der Waals surface area contributed by atoms with E-state index in [0.717, 1.165) is 17.2 Å². The molecule has 3 heterocycles. The minimum absolute atomic E-state index is 0.0351. The van der Waals surface area contributed by atoms with Crippen molar-refractivity contribution in [2.24, 2.45) is 0 Å². The molecule has 2 atom stereocenters. The maximum atomic E-state index is 11.6. The van der Waals surface area contributed by atoms with Crippen LogP contribution in [0.4, 0.5) is 0 Å². The first kappa shape index (κ1) is 22.3. The van der Waals surface area contributed by atoms with Gasteiger partial charge in [-0.1, -0.05) is 36.4 Å². The number of rotatable bonds is 6. The molecule has 2 aliphatic heterocycles. The lowest BCUT2D eigenvalue weighted by molar-refractivity contribution is -0.0876. The van der Waals surface area contributed by atoms with E-state index < -0.39 is 11.2 Å². The topological polar surface area (TPSA) is 96.9 Å². The summed E-state index contributed by atoms with van der Waals surface area (Å²) in [4.78, 5) is 0. The van der Waals surface area contributed by atoms with E-state index in [1.54, 1.807) is 19.2 Å². The molecule has 36 heavy (non-hydrogen) atoms. The van der Waals surface area contributed by atoms with Gasteiger partial charge in [-0.05, 0) is 44.0 Å². The van der Waals surface area contributed by atoms with Gasteiger partial charge in [-0.3, -0.25) is 4.57 Å². The van der Waals surface area contributed by atoms with Gasteiger partial charge >= 0.3 is 0 Å². The SMILES string of the molecule is COc1ccccc1OCC[C@@]12CC[C@@](C)(O1)c1c2c(O)n(-c2ccc(C#N)c3ccccc23)c1O. The first-order valence-electron chi connectivity index (χ1n) is 12.0. The molecular weight excluding hydrogens is 456 g/mol. The summed E-state index contributed by atoms with van der Waals surface area (Å²) in [5.41, 5.74) is 0.893. The molecule has 7 heteroatoms. The molecule has 0 amide bonds. The predicted molar refractivity (Wildman–Crippen MR) is 134 cm³/mol. The number of methoxy groups -OCH3 is 1. The number of para-hydroxylation sites is 2. The van der Waals surface area contributed by atoms with E-state index in [1.165, 1.54) is 4.57 Å². The van der Waals surface area contributed by atoms with Gasteiger partial charge in [-0.15, -0.1) is 0 Å². The fraction of sp³-hybridized carbons (Fsp3) is 0.276. The minimum Gasteiger partial charge on any atom is -0.494 e. The average molecular weight is 483 g/mol. The Morgan fingerprint density at radius 3 is 2.39 bits per heavy atom. The lowest BCUT2D eigenvalue weighted by atomic mass is 9.78. The third-order valence-electron chi connectivity index (χ3n) is 7.63. The lowest BCUT2D eigenvalue weighted by Crippen LogP contribution is -2.25. The van der Waals surface area contributed by atoms with E-state index in [4.69, 9.17) is 14.2 Å². The molecule has 1 saturated heterocycles. The van der Waals surface area contributed by atoms with Crippen molar-refractivity contribution in [3.63, 3.8) is 0 Å². The number of nitriles is 1. The van der Waals surface area contributed by atoms with Gasteiger partial charge in [-0.25, -0.2) is 0 Å². The highest BCUT2D eigenvalue weighted by Gasteiger charge is 2.61. The van der Waals surface area contributed by atoms with Crippen LogP contribution in [0.25, 0.3) is 16.5 Å². The number of fused-ring (bicyclic) bond motifs is 6. The first-order valence-corrected chi connectivity index (χ1v) is 12.0. The standard InChI is InChI=1S/C29H26N2O5/c1-28-13-14-29(36-28,15-16-35-23-10-6-5-9-22(23)34-2)25-24(28)26(32)31(27(25)33)21-12-11-18(17-30)19-7-3-4-8-20(19)21/h3-12,32-33H,13-16H2,1-2H3/t28-,29-/m1/s1. The van der Waals surface area contributed by atoms with Crippen LogP contribution in [0, 0.1) is 11.3 Å². The van der Waals surface area contributed by atoms with Crippen LogP contribution in [0.5, 0.6) is 23.3 Å². The van der Waals surface area contributed by atoms with Crippen LogP contribution in [0.15, 0.2) is 60.7 Å². The summed E-state index contributed by atoms with van der Waals surface area (Å²) in [6, 6.07) is 20.7. The van der Waals surface area contributed by atoms with Crippen molar-refractivity contribution in [1.29, 1.82) is 5.26 Å². The summed E-state index contributed by atoms with van der Waals surface area (Å²) < 4.78 is 19.5. The largest absolute Gasteiger partial charge is 0.494 e. The second-order valence-electron chi connectivity index (χ2n) is 9.60. The Hall–Kier alpha value is -4.15. The maximum Gasteiger partial charge on any atom is 0.205 e. The van der Waals surface area contributed by atoms with E-state index >= 15 is 0 Å². The third kappa shape index (κ3) is 3.01. The van der Waals surface area contributed by atoms with Gasteiger partial charge in [0.05, 0.1) is 47.8 Å². The Kier molecular flexibility index (Phi) is 4.92. The molecular formula is C29H26N2O5. The lowest BCUT2D eigenvalue weighted by Gasteiger charge is -2.26. The Balaban J connectivity index is 1.42. The quantitative estimate of drug-likeness (QED) is 0.370. The van der Waals surface area contributed by atoms with Crippen LogP contribution in [0.3, 0.4) is 0 Å². The number of hydrogen-bond acceptors (Lipinski definition) is 6. The molecule has 4 aromatic rings. The Bertz CT molecular complexity index is 1550. The van der Waals surface area contributed by atoms with Gasteiger partial charge < -0.3 is 24.4 Å².